The standard InChI is InChI=1S/C36H69N13O10/c1-6-8-27(51)44-22(9-13-37)31(54)42-18-28(52)45-23(10-14-38)32(55)43-19-29(53)46-26(17-20(3)4)35(58)48-24(11-15-39)33(56)47-25(12-16-40)34(57)49-30(21(5)50)36(59)41-7-2/h20-26,30,50H,6-19,37-40H2,1-5H3,(H,41,59)(H,42,54)(H,43,55)(H,44,51)(H,45,52)(H,46,53)(H,47,56)(H,48,58)(H,49,57)/t21-,22+,23+,24?,25+,26+,30?/m1/s1. The molecule has 0 aromatic heterocycles. The number of amides is 9. The van der Waals surface area contributed by atoms with Crippen LogP contribution >= 0.6 is 0 Å². The van der Waals surface area contributed by atoms with Crippen LogP contribution in [0.5, 0.6) is 0 Å². The van der Waals surface area contributed by atoms with Gasteiger partial charge in [0, 0.05) is 13.0 Å². The van der Waals surface area contributed by atoms with E-state index in [1.54, 1.807) is 27.7 Å². The van der Waals surface area contributed by atoms with Gasteiger partial charge >= 0.3 is 0 Å². The fourth-order valence-corrected chi connectivity index (χ4v) is 5.50. The van der Waals surface area contributed by atoms with Gasteiger partial charge in [0.05, 0.1) is 19.2 Å². The monoisotopic (exact) mass is 844 g/mol. The first-order valence-corrected chi connectivity index (χ1v) is 20.0. The van der Waals surface area contributed by atoms with Gasteiger partial charge in [-0.3, -0.25) is 43.2 Å². The molecule has 23 heteroatoms. The second kappa shape index (κ2) is 30.1. The SMILES string of the molecule is CCCC(=O)N[C@@H](CCN)C(=O)NCC(=O)N[C@@H](CCN)C(=O)NCC(=O)N[C@@H](CC(C)C)C(=O)NC(CCN)C(=O)N[C@@H](CCN)C(=O)NC(C(=O)NCC)[C@@H](C)O. The van der Waals surface area contributed by atoms with E-state index in [4.69, 9.17) is 22.9 Å². The molecule has 2 unspecified atom stereocenters. The molecule has 59 heavy (non-hydrogen) atoms. The summed E-state index contributed by atoms with van der Waals surface area (Å²) in [7, 11) is 0. The Bertz CT molecular complexity index is 1380. The van der Waals surface area contributed by atoms with E-state index in [1.807, 2.05) is 0 Å². The molecule has 0 aliphatic heterocycles. The molecule has 0 bridgehead atoms. The van der Waals surface area contributed by atoms with Gasteiger partial charge in [0.25, 0.3) is 0 Å². The number of rotatable bonds is 30. The van der Waals surface area contributed by atoms with Crippen molar-refractivity contribution >= 4 is 53.2 Å². The van der Waals surface area contributed by atoms with Crippen molar-refractivity contribution in [1.29, 1.82) is 0 Å². The number of hydrogen-bond donors (Lipinski definition) is 14. The summed E-state index contributed by atoms with van der Waals surface area (Å²) in [6.07, 6.45) is -0.379. The number of aliphatic hydroxyl groups excluding tert-OH is 1. The van der Waals surface area contributed by atoms with Crippen molar-refractivity contribution in [3.8, 4) is 0 Å². The third-order valence-electron chi connectivity index (χ3n) is 8.49. The molecular formula is C36H69N13O10. The van der Waals surface area contributed by atoms with Gasteiger partial charge < -0.3 is 75.9 Å². The van der Waals surface area contributed by atoms with E-state index in [0.29, 0.717) is 6.42 Å². The van der Waals surface area contributed by atoms with Gasteiger partial charge in [-0.25, -0.2) is 0 Å². The first-order valence-electron chi connectivity index (χ1n) is 20.0. The van der Waals surface area contributed by atoms with Crippen LogP contribution in [-0.2, 0) is 43.2 Å². The predicted octanol–water partition coefficient (Wildman–Crippen LogP) is -6.11. The Morgan fingerprint density at radius 1 is 0.475 bits per heavy atom. The molecular weight excluding hydrogens is 774 g/mol. The summed E-state index contributed by atoms with van der Waals surface area (Å²) in [5.74, 6) is -6.40. The molecule has 0 rings (SSSR count). The fourth-order valence-electron chi connectivity index (χ4n) is 5.50. The normalized spacial score (nSPS) is 14.5. The van der Waals surface area contributed by atoms with Crippen LogP contribution in [0.2, 0.25) is 0 Å². The Hall–Kier alpha value is -4.97. The maximum absolute atomic E-state index is 13.5. The van der Waals surface area contributed by atoms with Crippen molar-refractivity contribution in [2.75, 3.05) is 45.8 Å². The van der Waals surface area contributed by atoms with Crippen molar-refractivity contribution in [1.82, 2.24) is 47.9 Å². The highest BCUT2D eigenvalue weighted by Crippen LogP contribution is 2.07. The van der Waals surface area contributed by atoms with E-state index in [-0.39, 0.29) is 83.1 Å². The van der Waals surface area contributed by atoms with Crippen LogP contribution in [0.4, 0.5) is 0 Å². The minimum absolute atomic E-state index is 0.0245. The zero-order chi connectivity index (χ0) is 45.1. The highest BCUT2D eigenvalue weighted by molar-refractivity contribution is 5.97. The van der Waals surface area contributed by atoms with Gasteiger partial charge in [-0.05, 0) is 84.5 Å². The van der Waals surface area contributed by atoms with Crippen LogP contribution in [0.15, 0.2) is 0 Å². The molecule has 0 aromatic rings. The largest absolute Gasteiger partial charge is 0.391 e. The summed E-state index contributed by atoms with van der Waals surface area (Å²) >= 11 is 0. The highest BCUT2D eigenvalue weighted by Gasteiger charge is 2.33. The van der Waals surface area contributed by atoms with Crippen molar-refractivity contribution < 1.29 is 48.3 Å². The number of nitrogens with two attached hydrogens (primary N) is 4. The number of carbonyl (C=O) groups is 9. The Balaban J connectivity index is 5.61. The third-order valence-corrected chi connectivity index (χ3v) is 8.49. The molecule has 0 aromatic carbocycles. The topological polar surface area (TPSA) is 386 Å². The number of nitrogens with one attached hydrogen (secondary N) is 9. The minimum Gasteiger partial charge on any atom is -0.391 e. The van der Waals surface area contributed by atoms with Gasteiger partial charge in [-0.15, -0.1) is 0 Å². The number of hydrogen-bond acceptors (Lipinski definition) is 14. The van der Waals surface area contributed by atoms with Gasteiger partial charge in [-0.1, -0.05) is 20.8 Å². The summed E-state index contributed by atoms with van der Waals surface area (Å²) in [5, 5.41) is 32.4. The maximum atomic E-state index is 13.5. The Morgan fingerprint density at radius 3 is 1.22 bits per heavy atom. The van der Waals surface area contributed by atoms with E-state index in [2.05, 4.69) is 47.9 Å². The first kappa shape index (κ1) is 54.0. The summed E-state index contributed by atoms with van der Waals surface area (Å²) in [6.45, 7) is 7.44. The van der Waals surface area contributed by atoms with E-state index >= 15 is 0 Å². The van der Waals surface area contributed by atoms with Crippen molar-refractivity contribution in [3.63, 3.8) is 0 Å². The molecule has 338 valence electrons. The van der Waals surface area contributed by atoms with Gasteiger partial charge in [0.2, 0.25) is 53.2 Å². The molecule has 0 heterocycles. The average Bonchev–Trinajstić information content (AvgIpc) is 3.16. The molecule has 7 atom stereocenters. The zero-order valence-corrected chi connectivity index (χ0v) is 34.9. The molecule has 0 radical (unpaired) electrons. The Morgan fingerprint density at radius 2 is 0.847 bits per heavy atom. The van der Waals surface area contributed by atoms with Crippen LogP contribution in [0.3, 0.4) is 0 Å². The van der Waals surface area contributed by atoms with E-state index in [9.17, 15) is 48.3 Å². The van der Waals surface area contributed by atoms with E-state index in [0.717, 1.165) is 0 Å². The lowest BCUT2D eigenvalue weighted by atomic mass is 10.0. The summed E-state index contributed by atoms with van der Waals surface area (Å²) in [6, 6.07) is -7.16. The van der Waals surface area contributed by atoms with Crippen LogP contribution in [0, 0.1) is 5.92 Å². The second-order valence-electron chi connectivity index (χ2n) is 14.2. The van der Waals surface area contributed by atoms with Gasteiger partial charge in [0.1, 0.15) is 36.3 Å². The molecule has 0 aliphatic rings. The lowest BCUT2D eigenvalue weighted by Crippen LogP contribution is -2.60. The smallest absolute Gasteiger partial charge is 0.245 e. The van der Waals surface area contributed by atoms with Crippen molar-refractivity contribution in [3.05, 3.63) is 0 Å². The minimum atomic E-state index is -1.32. The quantitative estimate of drug-likeness (QED) is 0.0320. The number of likely N-dealkylation sites (N-methyl/N-ethyl adjacent to an activating group) is 1. The van der Waals surface area contributed by atoms with Crippen LogP contribution in [-0.4, -0.2) is 146 Å². The molecule has 23 nitrogen and oxygen atoms in total. The highest BCUT2D eigenvalue weighted by atomic mass is 16.3. The summed E-state index contributed by atoms with van der Waals surface area (Å²) in [4.78, 5) is 116. The lowest BCUT2D eigenvalue weighted by molar-refractivity contribution is -0.135. The number of aliphatic hydroxyl groups is 1. The molecule has 0 fully saturated rings. The van der Waals surface area contributed by atoms with Gasteiger partial charge in [0.15, 0.2) is 0 Å². The molecule has 0 saturated carbocycles. The molecule has 0 saturated heterocycles. The Labute approximate surface area is 345 Å². The lowest BCUT2D eigenvalue weighted by Gasteiger charge is -2.27. The Kier molecular flexibility index (Phi) is 27.6. The first-order chi connectivity index (χ1) is 27.9. The van der Waals surface area contributed by atoms with Crippen molar-refractivity contribution in [2.24, 2.45) is 28.9 Å². The maximum Gasteiger partial charge on any atom is 0.245 e. The third kappa shape index (κ3) is 22.1. The average molecular weight is 844 g/mol. The van der Waals surface area contributed by atoms with E-state index in [1.165, 1.54) is 6.92 Å². The molecule has 0 aliphatic carbocycles. The molecule has 18 N–H and O–H groups in total. The zero-order valence-electron chi connectivity index (χ0n) is 34.9. The van der Waals surface area contributed by atoms with Crippen molar-refractivity contribution in [2.45, 2.75) is 122 Å². The summed E-state index contributed by atoms with van der Waals surface area (Å²) in [5.41, 5.74) is 22.6. The number of carbonyl (C=O) groups excluding carboxylic acids is 9. The fraction of sp³-hybridized carbons (Fsp3) is 0.750. The van der Waals surface area contributed by atoms with Crippen LogP contribution < -0.4 is 70.8 Å². The van der Waals surface area contributed by atoms with E-state index < -0.39 is 103 Å². The van der Waals surface area contributed by atoms with Crippen LogP contribution in [0.1, 0.15) is 79.6 Å². The molecule has 0 spiro atoms. The summed E-state index contributed by atoms with van der Waals surface area (Å²) < 4.78 is 0. The second-order valence-corrected chi connectivity index (χ2v) is 14.2. The molecule has 9 amide bonds. The van der Waals surface area contributed by atoms with Crippen LogP contribution in [0.25, 0.3) is 0 Å². The predicted molar refractivity (Wildman–Crippen MR) is 217 cm³/mol. The van der Waals surface area contributed by atoms with Gasteiger partial charge in [-0.2, -0.15) is 0 Å².